The number of phenols is 1. The smallest absolute Gasteiger partial charge is 0.423 e. The number of ketones is 2. The van der Waals surface area contributed by atoms with Gasteiger partial charge in [-0.2, -0.15) is 4.90 Å². The van der Waals surface area contributed by atoms with Gasteiger partial charge in [0.2, 0.25) is 11.8 Å². The molecule has 1 saturated heterocycles. The van der Waals surface area contributed by atoms with Gasteiger partial charge in [-0.15, -0.1) is 0 Å². The van der Waals surface area contributed by atoms with Gasteiger partial charge in [0.15, 0.2) is 11.6 Å². The lowest BCUT2D eigenvalue weighted by molar-refractivity contribution is -0.138. The summed E-state index contributed by atoms with van der Waals surface area (Å²) in [6.45, 7) is 0. The Kier molecular flexibility index (Phi) is 6.99. The second-order valence-corrected chi connectivity index (χ2v) is 12.2. The first-order valence-electron chi connectivity index (χ1n) is 15.2. The predicted octanol–water partition coefficient (Wildman–Crippen LogP) is 4.99. The summed E-state index contributed by atoms with van der Waals surface area (Å²) in [5.74, 6) is -5.94. The molecule has 6 atom stereocenters. The maximum absolute atomic E-state index is 15.0. The van der Waals surface area contributed by atoms with Crippen LogP contribution < -0.4 is 4.74 Å². The van der Waals surface area contributed by atoms with Gasteiger partial charge in [0, 0.05) is 23.0 Å². The lowest BCUT2D eigenvalue weighted by Crippen LogP contribution is -2.58. The largest absolute Gasteiger partial charge is 0.508 e. The van der Waals surface area contributed by atoms with Crippen LogP contribution in [-0.4, -0.2) is 53.7 Å². The van der Waals surface area contributed by atoms with E-state index in [4.69, 9.17) is 9.47 Å². The van der Waals surface area contributed by atoms with Gasteiger partial charge in [0.1, 0.15) is 11.5 Å². The Bertz CT molecular complexity index is 1860. The van der Waals surface area contributed by atoms with Crippen LogP contribution in [0.25, 0.3) is 5.57 Å². The number of hydrogen-bond acceptors (Lipinski definition) is 8. The number of amides is 3. The fraction of sp³-hybridized carbons (Fsp3) is 0.270. The number of Topliss-reactive ketones (excluding diaryl/α,β-unsaturated/α-hetero) is 1. The lowest BCUT2D eigenvalue weighted by Gasteiger charge is -2.55. The third kappa shape index (κ3) is 4.04. The molecule has 232 valence electrons. The van der Waals surface area contributed by atoms with E-state index in [1.165, 1.54) is 19.3 Å². The minimum absolute atomic E-state index is 0.0753. The highest BCUT2D eigenvalue weighted by atomic mass is 16.5. The normalized spacial score (nSPS) is 28.5. The van der Waals surface area contributed by atoms with Crippen LogP contribution in [0.5, 0.6) is 11.5 Å². The van der Waals surface area contributed by atoms with E-state index in [2.05, 4.69) is 0 Å². The van der Waals surface area contributed by atoms with Gasteiger partial charge in [0.25, 0.3) is 0 Å². The van der Waals surface area contributed by atoms with Crippen molar-refractivity contribution in [3.05, 3.63) is 113 Å². The summed E-state index contributed by atoms with van der Waals surface area (Å²) in [5.41, 5.74) is 0.983. The number of aromatic hydroxyl groups is 1. The van der Waals surface area contributed by atoms with Crippen LogP contribution in [0.2, 0.25) is 0 Å². The quantitative estimate of drug-likeness (QED) is 0.321. The average Bonchev–Trinajstić information content (AvgIpc) is 3.35. The molecule has 0 spiro atoms. The summed E-state index contributed by atoms with van der Waals surface area (Å²) >= 11 is 0. The standard InChI is InChI=1S/C37H31NO8/c1-45-22-13-16-29(39)27(17-22)32-23-14-15-24-31(35(43)38(34(24)42)36(44)46-2)26(23)18-28-33(41)25(20-9-5-3-6-10-20)19-30(40)37(28,32)21-11-7-4-8-12-21/h3-14,16-17,19,24,26,28,31-32,39H,15,18H2,1-2H3. The zero-order valence-corrected chi connectivity index (χ0v) is 25.2. The van der Waals surface area contributed by atoms with Crippen molar-refractivity contribution >= 4 is 35.0 Å². The molecule has 3 aromatic rings. The highest BCUT2D eigenvalue weighted by Gasteiger charge is 2.66. The van der Waals surface area contributed by atoms with Crippen LogP contribution >= 0.6 is 0 Å². The number of methoxy groups -OCH3 is 2. The summed E-state index contributed by atoms with van der Waals surface area (Å²) < 4.78 is 10.3. The predicted molar refractivity (Wildman–Crippen MR) is 165 cm³/mol. The number of fused-ring (bicyclic) bond motifs is 4. The number of allylic oxidation sites excluding steroid dienone is 4. The van der Waals surface area contributed by atoms with E-state index in [0.29, 0.717) is 32.9 Å². The van der Waals surface area contributed by atoms with Gasteiger partial charge in [-0.05, 0) is 54.2 Å². The Labute approximate surface area is 265 Å². The molecule has 7 rings (SSSR count). The van der Waals surface area contributed by atoms with Crippen molar-refractivity contribution in [1.29, 1.82) is 0 Å². The maximum Gasteiger partial charge on any atom is 0.423 e. The Morgan fingerprint density at radius 3 is 2.26 bits per heavy atom. The molecule has 1 aliphatic heterocycles. The number of carbonyl (C=O) groups excluding carboxylic acids is 5. The fourth-order valence-corrected chi connectivity index (χ4v) is 8.38. The van der Waals surface area contributed by atoms with Gasteiger partial charge in [0.05, 0.1) is 31.5 Å². The van der Waals surface area contributed by atoms with Gasteiger partial charge in [-0.3, -0.25) is 19.2 Å². The van der Waals surface area contributed by atoms with Crippen molar-refractivity contribution < 1.29 is 38.6 Å². The zero-order chi connectivity index (χ0) is 32.3. The molecule has 3 aliphatic carbocycles. The molecular weight excluding hydrogens is 586 g/mol. The lowest BCUT2D eigenvalue weighted by atomic mass is 9.44. The summed E-state index contributed by atoms with van der Waals surface area (Å²) in [6.07, 6.45) is 2.43. The van der Waals surface area contributed by atoms with Gasteiger partial charge >= 0.3 is 6.09 Å². The molecule has 3 amide bonds. The van der Waals surface area contributed by atoms with E-state index < -0.39 is 52.9 Å². The molecule has 1 N–H and O–H groups in total. The van der Waals surface area contributed by atoms with E-state index in [1.54, 1.807) is 36.4 Å². The van der Waals surface area contributed by atoms with Gasteiger partial charge in [-0.25, -0.2) is 4.79 Å². The van der Waals surface area contributed by atoms with Crippen LogP contribution in [0.4, 0.5) is 4.79 Å². The van der Waals surface area contributed by atoms with Crippen molar-refractivity contribution in [3.8, 4) is 11.5 Å². The van der Waals surface area contributed by atoms with Crippen molar-refractivity contribution in [2.45, 2.75) is 24.2 Å². The third-order valence-electron chi connectivity index (χ3n) is 10.3. The number of hydrogen-bond donors (Lipinski definition) is 1. The number of rotatable bonds is 4. The molecule has 4 aliphatic rings. The second kappa shape index (κ2) is 10.9. The van der Waals surface area contributed by atoms with Crippen LogP contribution in [-0.2, 0) is 29.3 Å². The van der Waals surface area contributed by atoms with Crippen LogP contribution in [0.3, 0.4) is 0 Å². The molecule has 1 saturated carbocycles. The number of phenolic OH excluding ortho intramolecular Hbond substituents is 1. The molecular formula is C37H31NO8. The van der Waals surface area contributed by atoms with Crippen LogP contribution in [0.1, 0.15) is 35.4 Å². The molecule has 1 heterocycles. The van der Waals surface area contributed by atoms with E-state index in [1.807, 2.05) is 42.5 Å². The monoisotopic (exact) mass is 617 g/mol. The molecule has 9 heteroatoms. The first-order valence-corrected chi connectivity index (χ1v) is 15.2. The van der Waals surface area contributed by atoms with Crippen LogP contribution in [0.15, 0.2) is 96.6 Å². The van der Waals surface area contributed by atoms with Gasteiger partial charge in [-0.1, -0.05) is 72.3 Å². The van der Waals surface area contributed by atoms with Crippen LogP contribution in [0, 0.1) is 23.7 Å². The highest BCUT2D eigenvalue weighted by Crippen LogP contribution is 2.64. The van der Waals surface area contributed by atoms with E-state index in [0.717, 1.165) is 7.11 Å². The van der Waals surface area contributed by atoms with E-state index in [-0.39, 0.29) is 35.7 Å². The number of imide groups is 3. The summed E-state index contributed by atoms with van der Waals surface area (Å²) in [6, 6.07) is 22.8. The molecule has 0 bridgehead atoms. The topological polar surface area (TPSA) is 127 Å². The van der Waals surface area contributed by atoms with E-state index >= 15 is 0 Å². The van der Waals surface area contributed by atoms with Crippen molar-refractivity contribution in [2.24, 2.45) is 23.7 Å². The minimum atomic E-state index is -1.50. The van der Waals surface area contributed by atoms with E-state index in [9.17, 15) is 29.1 Å². The van der Waals surface area contributed by atoms with Crippen molar-refractivity contribution in [3.63, 3.8) is 0 Å². The summed E-state index contributed by atoms with van der Waals surface area (Å²) in [5, 5.41) is 11.5. The highest BCUT2D eigenvalue weighted by molar-refractivity contribution is 6.31. The summed E-state index contributed by atoms with van der Waals surface area (Å²) in [4.78, 5) is 70.3. The maximum atomic E-state index is 15.0. The number of benzene rings is 3. The average molecular weight is 618 g/mol. The molecule has 0 aromatic heterocycles. The number of ether oxygens (including phenoxy) is 2. The number of nitrogens with zero attached hydrogens (tertiary/aromatic N) is 1. The SMILES string of the molecule is COC(=O)N1C(=O)C2CC=C3C(CC4C(=O)C(c5ccccc5)=CC(=O)C4(c4ccccc4)C3c3cc(OC)ccc3O)C2C1=O. The molecule has 3 aromatic carbocycles. The molecule has 9 nitrogen and oxygen atoms in total. The Morgan fingerprint density at radius 1 is 0.891 bits per heavy atom. The number of carbonyl (C=O) groups is 5. The summed E-state index contributed by atoms with van der Waals surface area (Å²) in [7, 11) is 2.60. The first kappa shape index (κ1) is 29.4. The molecule has 46 heavy (non-hydrogen) atoms. The Morgan fingerprint density at radius 2 is 1.59 bits per heavy atom. The second-order valence-electron chi connectivity index (χ2n) is 12.2. The van der Waals surface area contributed by atoms with Crippen molar-refractivity contribution in [1.82, 2.24) is 4.90 Å². The number of likely N-dealkylation sites (tertiary alicyclic amines) is 1. The minimum Gasteiger partial charge on any atom is -0.508 e. The molecule has 6 unspecified atom stereocenters. The zero-order valence-electron chi connectivity index (χ0n) is 25.2. The third-order valence-corrected chi connectivity index (χ3v) is 10.3. The Balaban J connectivity index is 1.52. The fourth-order valence-electron chi connectivity index (χ4n) is 8.38. The van der Waals surface area contributed by atoms with Gasteiger partial charge < -0.3 is 14.6 Å². The Hall–Kier alpha value is -5.31. The first-order chi connectivity index (χ1) is 22.2. The van der Waals surface area contributed by atoms with Crippen molar-refractivity contribution in [2.75, 3.05) is 14.2 Å². The molecule has 0 radical (unpaired) electrons. The molecule has 2 fully saturated rings.